The molecule has 1 unspecified atom stereocenters. The van der Waals surface area contributed by atoms with E-state index in [1.165, 1.54) is 6.20 Å². The van der Waals surface area contributed by atoms with Crippen LogP contribution in [-0.4, -0.2) is 43.9 Å². The first kappa shape index (κ1) is 16.2. The number of carboxylic acid groups (broad SMARTS) is 1. The molecule has 0 aliphatic carbocycles. The maximum atomic E-state index is 12.6. The smallest absolute Gasteiger partial charge is 0.339 e. The first-order valence-electron chi connectivity index (χ1n) is 7.93. The van der Waals surface area contributed by atoms with E-state index in [2.05, 4.69) is 21.2 Å². The van der Waals surface area contributed by atoms with Gasteiger partial charge in [-0.05, 0) is 6.92 Å². The number of hydrogen-bond acceptors (Lipinski definition) is 5. The highest BCUT2D eigenvalue weighted by Gasteiger charge is 2.40. The van der Waals surface area contributed by atoms with Crippen molar-refractivity contribution >= 4 is 11.9 Å². The maximum absolute atomic E-state index is 12.6. The Morgan fingerprint density at radius 1 is 1.42 bits per heavy atom. The molecule has 24 heavy (non-hydrogen) atoms. The number of nitrogens with zero attached hydrogens (tertiary/aromatic N) is 5. The maximum Gasteiger partial charge on any atom is 0.339 e. The van der Waals surface area contributed by atoms with E-state index in [1.54, 1.807) is 9.58 Å². The fraction of sp³-hybridized carbons (Fsp3) is 0.562. The van der Waals surface area contributed by atoms with Crippen LogP contribution in [0.25, 0.3) is 0 Å². The number of carbonyl (C=O) groups is 2. The standard InChI is InChI=1S/C16H19N5O3/c1-3-4-6-16(18-19-16)7-5-13(22)20-8-9-21-14(11(20)2)12(10-17-21)15(23)24/h1,10-11H,4-9H2,2H3,(H,23,24). The van der Waals surface area contributed by atoms with Crippen molar-refractivity contribution in [1.82, 2.24) is 14.7 Å². The number of carboxylic acids is 1. The van der Waals surface area contributed by atoms with E-state index in [4.69, 9.17) is 6.42 Å². The highest BCUT2D eigenvalue weighted by atomic mass is 16.4. The monoisotopic (exact) mass is 329 g/mol. The van der Waals surface area contributed by atoms with Gasteiger partial charge in [-0.2, -0.15) is 15.3 Å². The van der Waals surface area contributed by atoms with Gasteiger partial charge in [-0.1, -0.05) is 0 Å². The number of fused-ring (bicyclic) bond motifs is 1. The van der Waals surface area contributed by atoms with E-state index in [9.17, 15) is 14.7 Å². The lowest BCUT2D eigenvalue weighted by atomic mass is 10.0. The molecule has 2 aliphatic rings. The summed E-state index contributed by atoms with van der Waals surface area (Å²) >= 11 is 0. The lowest BCUT2D eigenvalue weighted by molar-refractivity contribution is -0.134. The first-order chi connectivity index (χ1) is 11.5. The summed E-state index contributed by atoms with van der Waals surface area (Å²) in [6.07, 6.45) is 8.73. The van der Waals surface area contributed by atoms with Crippen molar-refractivity contribution in [2.45, 2.75) is 50.9 Å². The molecule has 1 aromatic rings. The molecule has 1 amide bonds. The second kappa shape index (κ2) is 6.07. The highest BCUT2D eigenvalue weighted by Crippen LogP contribution is 2.38. The Hall–Kier alpha value is -2.69. The highest BCUT2D eigenvalue weighted by molar-refractivity contribution is 5.89. The summed E-state index contributed by atoms with van der Waals surface area (Å²) in [4.78, 5) is 25.6. The van der Waals surface area contributed by atoms with Crippen LogP contribution in [0.15, 0.2) is 16.4 Å². The molecule has 1 atom stereocenters. The minimum absolute atomic E-state index is 0.0244. The van der Waals surface area contributed by atoms with Gasteiger partial charge in [-0.25, -0.2) is 4.79 Å². The van der Waals surface area contributed by atoms with E-state index >= 15 is 0 Å². The van der Waals surface area contributed by atoms with Gasteiger partial charge >= 0.3 is 5.97 Å². The van der Waals surface area contributed by atoms with E-state index in [1.807, 2.05) is 6.92 Å². The Bertz CT molecular complexity index is 739. The lowest BCUT2D eigenvalue weighted by Crippen LogP contribution is -2.42. The zero-order valence-corrected chi connectivity index (χ0v) is 13.5. The Morgan fingerprint density at radius 3 is 2.79 bits per heavy atom. The zero-order chi connectivity index (χ0) is 17.3. The molecule has 1 aromatic heterocycles. The second-order valence-electron chi connectivity index (χ2n) is 6.12. The summed E-state index contributed by atoms with van der Waals surface area (Å²) in [7, 11) is 0. The number of terminal acetylenes is 1. The van der Waals surface area contributed by atoms with Crippen molar-refractivity contribution in [3.05, 3.63) is 17.5 Å². The lowest BCUT2D eigenvalue weighted by Gasteiger charge is -2.34. The molecule has 0 saturated heterocycles. The zero-order valence-electron chi connectivity index (χ0n) is 13.5. The van der Waals surface area contributed by atoms with E-state index in [0.717, 1.165) is 0 Å². The van der Waals surface area contributed by atoms with Gasteiger partial charge in [0.25, 0.3) is 0 Å². The van der Waals surface area contributed by atoms with Crippen LogP contribution < -0.4 is 0 Å². The predicted molar refractivity (Wildman–Crippen MR) is 84.2 cm³/mol. The molecular weight excluding hydrogens is 310 g/mol. The summed E-state index contributed by atoms with van der Waals surface area (Å²) in [6.45, 7) is 2.84. The number of aromatic carboxylic acids is 1. The minimum Gasteiger partial charge on any atom is -0.478 e. The predicted octanol–water partition coefficient (Wildman–Crippen LogP) is 1.84. The van der Waals surface area contributed by atoms with Crippen molar-refractivity contribution in [3.63, 3.8) is 0 Å². The molecule has 1 N–H and O–H groups in total. The largest absolute Gasteiger partial charge is 0.478 e. The van der Waals surface area contributed by atoms with E-state index in [0.29, 0.717) is 44.5 Å². The fourth-order valence-electron chi connectivity index (χ4n) is 3.18. The molecule has 0 spiro atoms. The van der Waals surface area contributed by atoms with Crippen LogP contribution in [0.4, 0.5) is 0 Å². The SMILES string of the molecule is C#CCCC1(CCC(=O)N2CCn3ncc(C(=O)O)c3C2C)N=N1. The Morgan fingerprint density at radius 2 is 2.17 bits per heavy atom. The molecule has 0 bridgehead atoms. The second-order valence-corrected chi connectivity index (χ2v) is 6.12. The molecule has 2 aliphatic heterocycles. The van der Waals surface area contributed by atoms with Crippen LogP contribution in [0, 0.1) is 12.3 Å². The van der Waals surface area contributed by atoms with Crippen LogP contribution in [0.1, 0.15) is 54.7 Å². The third-order valence-electron chi connectivity index (χ3n) is 4.64. The normalized spacial score (nSPS) is 20.3. The molecule has 8 nitrogen and oxygen atoms in total. The molecule has 0 saturated carbocycles. The summed E-state index contributed by atoms with van der Waals surface area (Å²) in [5, 5.41) is 21.5. The quantitative estimate of drug-likeness (QED) is 0.805. The van der Waals surface area contributed by atoms with Crippen LogP contribution in [0.5, 0.6) is 0 Å². The van der Waals surface area contributed by atoms with Crippen molar-refractivity contribution < 1.29 is 14.7 Å². The number of aromatic nitrogens is 2. The van der Waals surface area contributed by atoms with Crippen LogP contribution in [-0.2, 0) is 11.3 Å². The topological polar surface area (TPSA) is 100 Å². The summed E-state index contributed by atoms with van der Waals surface area (Å²) < 4.78 is 1.66. The molecule has 0 radical (unpaired) electrons. The number of carbonyl (C=O) groups excluding carboxylic acids is 1. The molecule has 0 aromatic carbocycles. The van der Waals surface area contributed by atoms with Crippen LogP contribution >= 0.6 is 0 Å². The fourth-order valence-corrected chi connectivity index (χ4v) is 3.18. The molecular formula is C16H19N5O3. The van der Waals surface area contributed by atoms with Crippen molar-refractivity contribution in [1.29, 1.82) is 0 Å². The van der Waals surface area contributed by atoms with Gasteiger partial charge in [-0.15, -0.1) is 12.3 Å². The summed E-state index contributed by atoms with van der Waals surface area (Å²) in [5.41, 5.74) is 0.248. The summed E-state index contributed by atoms with van der Waals surface area (Å²) in [5.74, 6) is 1.52. The van der Waals surface area contributed by atoms with E-state index in [-0.39, 0.29) is 17.5 Å². The third kappa shape index (κ3) is 2.89. The van der Waals surface area contributed by atoms with Gasteiger partial charge in [0.15, 0.2) is 5.66 Å². The molecule has 3 rings (SSSR count). The van der Waals surface area contributed by atoms with Gasteiger partial charge in [0, 0.05) is 32.2 Å². The van der Waals surface area contributed by atoms with Gasteiger partial charge in [0.1, 0.15) is 5.56 Å². The van der Waals surface area contributed by atoms with Crippen molar-refractivity contribution in [2.75, 3.05) is 6.54 Å². The van der Waals surface area contributed by atoms with Gasteiger partial charge < -0.3 is 10.0 Å². The van der Waals surface area contributed by atoms with Crippen LogP contribution in [0.3, 0.4) is 0 Å². The molecule has 8 heteroatoms. The average Bonchev–Trinajstić information content (AvgIpc) is 3.19. The number of rotatable bonds is 6. The van der Waals surface area contributed by atoms with Gasteiger partial charge in [0.05, 0.1) is 24.5 Å². The van der Waals surface area contributed by atoms with Crippen molar-refractivity contribution in [2.24, 2.45) is 10.2 Å². The molecule has 0 fully saturated rings. The summed E-state index contributed by atoms with van der Waals surface area (Å²) in [6, 6.07) is -0.324. The third-order valence-corrected chi connectivity index (χ3v) is 4.64. The Labute approximate surface area is 139 Å². The first-order valence-corrected chi connectivity index (χ1v) is 7.93. The molecule has 3 heterocycles. The average molecular weight is 329 g/mol. The van der Waals surface area contributed by atoms with Gasteiger partial charge in [0.2, 0.25) is 5.91 Å². The van der Waals surface area contributed by atoms with Gasteiger partial charge in [-0.3, -0.25) is 9.48 Å². The van der Waals surface area contributed by atoms with E-state index < -0.39 is 11.6 Å². The van der Waals surface area contributed by atoms with Crippen LogP contribution in [0.2, 0.25) is 0 Å². The Kier molecular flexibility index (Phi) is 4.09. The van der Waals surface area contributed by atoms with Crippen molar-refractivity contribution in [3.8, 4) is 12.3 Å². The molecule has 126 valence electrons. The number of amides is 1. The number of hydrogen-bond donors (Lipinski definition) is 1. The Balaban J connectivity index is 1.65. The minimum atomic E-state index is -1.03.